The first kappa shape index (κ1) is 18.9. The Bertz CT molecular complexity index is 722. The van der Waals surface area contributed by atoms with Crippen molar-refractivity contribution in [1.82, 2.24) is 10.2 Å². The molecule has 0 aliphatic heterocycles. The van der Waals surface area contributed by atoms with Crippen LogP contribution in [0.5, 0.6) is 5.75 Å². The summed E-state index contributed by atoms with van der Waals surface area (Å²) in [6, 6.07) is 11.1. The topological polar surface area (TPSA) is 41.6 Å². The van der Waals surface area contributed by atoms with Gasteiger partial charge < -0.3 is 10.1 Å². The summed E-state index contributed by atoms with van der Waals surface area (Å²) in [5, 5.41) is 2.71. The van der Waals surface area contributed by atoms with Gasteiger partial charge in [0.15, 0.2) is 11.6 Å². The standard InChI is InChI=1S/C19H22F2N2O2/c1-3-23(12-14-8-9-18(25-2)17(21)10-14)13-19(24)22-11-15-6-4-5-7-16(15)20/h4-10H,3,11-13H2,1-2H3,(H,22,24). The van der Waals surface area contributed by atoms with E-state index in [9.17, 15) is 13.6 Å². The number of methoxy groups -OCH3 is 1. The van der Waals surface area contributed by atoms with Crippen LogP contribution in [0.15, 0.2) is 42.5 Å². The second-order valence-corrected chi connectivity index (χ2v) is 5.64. The number of amides is 1. The van der Waals surface area contributed by atoms with Crippen molar-refractivity contribution >= 4 is 5.91 Å². The minimum atomic E-state index is -0.431. The first-order valence-corrected chi connectivity index (χ1v) is 8.08. The number of ether oxygens (including phenoxy) is 1. The summed E-state index contributed by atoms with van der Waals surface area (Å²) in [5.74, 6) is -0.794. The van der Waals surface area contributed by atoms with Crippen molar-refractivity contribution in [2.45, 2.75) is 20.0 Å². The van der Waals surface area contributed by atoms with E-state index in [2.05, 4.69) is 5.32 Å². The Hall–Kier alpha value is -2.47. The Morgan fingerprint density at radius 1 is 1.16 bits per heavy atom. The fourth-order valence-corrected chi connectivity index (χ4v) is 2.44. The maximum absolute atomic E-state index is 13.8. The molecular formula is C19H22F2N2O2. The molecule has 4 nitrogen and oxygen atoms in total. The first-order chi connectivity index (χ1) is 12.0. The van der Waals surface area contributed by atoms with Crippen LogP contribution in [0, 0.1) is 11.6 Å². The fourth-order valence-electron chi connectivity index (χ4n) is 2.44. The van der Waals surface area contributed by atoms with Crippen molar-refractivity contribution in [2.75, 3.05) is 20.2 Å². The van der Waals surface area contributed by atoms with Gasteiger partial charge in [0.25, 0.3) is 0 Å². The molecule has 0 aromatic heterocycles. The summed E-state index contributed by atoms with van der Waals surface area (Å²) in [6.45, 7) is 3.27. The molecule has 0 radical (unpaired) electrons. The Kier molecular flexibility index (Phi) is 6.89. The number of carbonyl (C=O) groups is 1. The normalized spacial score (nSPS) is 10.8. The highest BCUT2D eigenvalue weighted by molar-refractivity contribution is 5.78. The fraction of sp³-hybridized carbons (Fsp3) is 0.316. The van der Waals surface area contributed by atoms with Gasteiger partial charge in [-0.2, -0.15) is 0 Å². The quantitative estimate of drug-likeness (QED) is 0.797. The Morgan fingerprint density at radius 3 is 2.56 bits per heavy atom. The molecule has 0 aliphatic rings. The van der Waals surface area contributed by atoms with Gasteiger partial charge in [-0.15, -0.1) is 0 Å². The second kappa shape index (κ2) is 9.13. The molecule has 0 saturated heterocycles. The highest BCUT2D eigenvalue weighted by atomic mass is 19.1. The van der Waals surface area contributed by atoms with Crippen LogP contribution in [0.3, 0.4) is 0 Å². The highest BCUT2D eigenvalue weighted by Gasteiger charge is 2.12. The minimum Gasteiger partial charge on any atom is -0.494 e. The van der Waals surface area contributed by atoms with Gasteiger partial charge in [-0.3, -0.25) is 9.69 Å². The van der Waals surface area contributed by atoms with E-state index in [-0.39, 0.29) is 30.6 Å². The third kappa shape index (κ3) is 5.53. The first-order valence-electron chi connectivity index (χ1n) is 8.08. The average Bonchev–Trinajstić information content (AvgIpc) is 2.60. The van der Waals surface area contributed by atoms with Crippen molar-refractivity contribution in [3.8, 4) is 5.75 Å². The third-order valence-electron chi connectivity index (χ3n) is 3.87. The SMILES string of the molecule is CCN(CC(=O)NCc1ccccc1F)Cc1ccc(OC)c(F)c1. The maximum Gasteiger partial charge on any atom is 0.234 e. The number of hydrogen-bond donors (Lipinski definition) is 1. The van der Waals surface area contributed by atoms with Gasteiger partial charge in [-0.1, -0.05) is 31.2 Å². The van der Waals surface area contributed by atoms with Gasteiger partial charge in [-0.25, -0.2) is 8.78 Å². The number of halogens is 2. The molecule has 0 spiro atoms. The molecule has 0 aliphatic carbocycles. The number of carbonyl (C=O) groups excluding carboxylic acids is 1. The van der Waals surface area contributed by atoms with Crippen molar-refractivity contribution in [2.24, 2.45) is 0 Å². The van der Waals surface area contributed by atoms with Crippen LogP contribution in [0.4, 0.5) is 8.78 Å². The summed E-state index contributed by atoms with van der Waals surface area (Å²) < 4.78 is 32.2. The van der Waals surface area contributed by atoms with Crippen molar-refractivity contribution in [3.63, 3.8) is 0 Å². The third-order valence-corrected chi connectivity index (χ3v) is 3.87. The predicted octanol–water partition coefficient (Wildman–Crippen LogP) is 3.11. The van der Waals surface area contributed by atoms with Crippen molar-refractivity contribution in [1.29, 1.82) is 0 Å². The van der Waals surface area contributed by atoms with Gasteiger partial charge >= 0.3 is 0 Å². The lowest BCUT2D eigenvalue weighted by Crippen LogP contribution is -2.36. The number of nitrogens with zero attached hydrogens (tertiary/aromatic N) is 1. The zero-order valence-corrected chi connectivity index (χ0v) is 14.4. The van der Waals surface area contributed by atoms with Crippen molar-refractivity contribution < 1.29 is 18.3 Å². The summed E-state index contributed by atoms with van der Waals surface area (Å²) >= 11 is 0. The molecule has 0 bridgehead atoms. The highest BCUT2D eigenvalue weighted by Crippen LogP contribution is 2.18. The van der Waals surface area contributed by atoms with E-state index in [1.54, 1.807) is 30.3 Å². The van der Waals surface area contributed by atoms with Crippen LogP contribution >= 0.6 is 0 Å². The number of hydrogen-bond acceptors (Lipinski definition) is 3. The van der Waals surface area contributed by atoms with Gasteiger partial charge in [0, 0.05) is 18.7 Å². The molecule has 1 N–H and O–H groups in total. The Balaban J connectivity index is 1.89. The van der Waals surface area contributed by atoms with E-state index in [4.69, 9.17) is 4.74 Å². The van der Waals surface area contributed by atoms with Crippen molar-refractivity contribution in [3.05, 3.63) is 65.2 Å². The van der Waals surface area contributed by atoms with Crippen LogP contribution in [-0.2, 0) is 17.9 Å². The average molecular weight is 348 g/mol. The molecular weight excluding hydrogens is 326 g/mol. The molecule has 6 heteroatoms. The predicted molar refractivity (Wildman–Crippen MR) is 92.1 cm³/mol. The van der Waals surface area contributed by atoms with Crippen LogP contribution in [0.25, 0.3) is 0 Å². The molecule has 2 rings (SSSR count). The summed E-state index contributed by atoms with van der Waals surface area (Å²) in [7, 11) is 1.41. The molecule has 0 saturated carbocycles. The summed E-state index contributed by atoms with van der Waals surface area (Å²) in [5.41, 5.74) is 1.19. The largest absolute Gasteiger partial charge is 0.494 e. The van der Waals surface area contributed by atoms with E-state index >= 15 is 0 Å². The monoisotopic (exact) mass is 348 g/mol. The van der Waals surface area contributed by atoms with Crippen LogP contribution in [0.2, 0.25) is 0 Å². The number of nitrogens with one attached hydrogen (secondary N) is 1. The van der Waals surface area contributed by atoms with Crippen LogP contribution < -0.4 is 10.1 Å². The van der Waals surface area contributed by atoms with E-state index in [0.717, 1.165) is 5.56 Å². The molecule has 134 valence electrons. The molecule has 0 unspecified atom stereocenters. The number of likely N-dealkylation sites (N-methyl/N-ethyl adjacent to an activating group) is 1. The van der Waals surface area contributed by atoms with Gasteiger partial charge in [0.1, 0.15) is 5.82 Å². The lowest BCUT2D eigenvalue weighted by atomic mass is 10.2. The summed E-state index contributed by atoms with van der Waals surface area (Å²) in [4.78, 5) is 14.0. The van der Waals surface area contributed by atoms with E-state index in [1.165, 1.54) is 19.2 Å². The molecule has 1 amide bonds. The number of rotatable bonds is 8. The maximum atomic E-state index is 13.8. The Labute approximate surface area is 146 Å². The van der Waals surface area contributed by atoms with E-state index in [1.807, 2.05) is 11.8 Å². The minimum absolute atomic E-state index is 0.139. The molecule has 0 heterocycles. The lowest BCUT2D eigenvalue weighted by molar-refractivity contribution is -0.122. The van der Waals surface area contributed by atoms with Gasteiger partial charge in [-0.05, 0) is 30.3 Å². The molecule has 0 fully saturated rings. The Morgan fingerprint density at radius 2 is 1.92 bits per heavy atom. The van der Waals surface area contributed by atoms with E-state index < -0.39 is 5.82 Å². The molecule has 2 aromatic rings. The lowest BCUT2D eigenvalue weighted by Gasteiger charge is -2.20. The molecule has 25 heavy (non-hydrogen) atoms. The molecule has 0 atom stereocenters. The van der Waals surface area contributed by atoms with Crippen LogP contribution in [0.1, 0.15) is 18.1 Å². The number of benzene rings is 2. The van der Waals surface area contributed by atoms with E-state index in [0.29, 0.717) is 18.7 Å². The smallest absolute Gasteiger partial charge is 0.234 e. The zero-order chi connectivity index (χ0) is 18.2. The van der Waals surface area contributed by atoms with Crippen LogP contribution in [-0.4, -0.2) is 31.0 Å². The summed E-state index contributed by atoms with van der Waals surface area (Å²) in [6.07, 6.45) is 0. The van der Waals surface area contributed by atoms with Gasteiger partial charge in [0.2, 0.25) is 5.91 Å². The molecule has 2 aromatic carbocycles. The zero-order valence-electron chi connectivity index (χ0n) is 14.4. The second-order valence-electron chi connectivity index (χ2n) is 5.64. The van der Waals surface area contributed by atoms with Gasteiger partial charge in [0.05, 0.1) is 13.7 Å².